The fraction of sp³-hybridized carbons (Fsp3) is 0.231. The summed E-state index contributed by atoms with van der Waals surface area (Å²) in [4.78, 5) is 0. The average Bonchev–Trinajstić information content (AvgIpc) is 2.32. The number of nitrogens with one attached hydrogen (secondary N) is 1. The number of anilines is 1. The van der Waals surface area contributed by atoms with Gasteiger partial charge in [0.05, 0.1) is 6.20 Å². The molecule has 18 heavy (non-hydrogen) atoms. The van der Waals surface area contributed by atoms with Crippen molar-refractivity contribution in [2.45, 2.75) is 13.3 Å². The molecule has 0 aliphatic carbocycles. The first-order valence-electron chi connectivity index (χ1n) is 5.62. The van der Waals surface area contributed by atoms with E-state index in [1.165, 1.54) is 0 Å². The molecule has 5 heteroatoms. The van der Waals surface area contributed by atoms with Gasteiger partial charge in [-0.25, -0.2) is 0 Å². The molecule has 0 atom stereocenters. The van der Waals surface area contributed by atoms with Gasteiger partial charge in [-0.1, -0.05) is 29.3 Å². The van der Waals surface area contributed by atoms with Gasteiger partial charge >= 0.3 is 0 Å². The molecule has 0 radical (unpaired) electrons. The molecule has 0 saturated carbocycles. The first-order chi connectivity index (χ1) is 8.65. The van der Waals surface area contributed by atoms with Gasteiger partial charge in [-0.15, -0.1) is 5.10 Å². The van der Waals surface area contributed by atoms with Crippen LogP contribution in [0.25, 0.3) is 0 Å². The summed E-state index contributed by atoms with van der Waals surface area (Å²) < 4.78 is 0. The topological polar surface area (TPSA) is 37.8 Å². The monoisotopic (exact) mass is 281 g/mol. The lowest BCUT2D eigenvalue weighted by Crippen LogP contribution is -2.07. The van der Waals surface area contributed by atoms with E-state index in [4.69, 9.17) is 23.2 Å². The van der Waals surface area contributed by atoms with Crippen molar-refractivity contribution in [2.24, 2.45) is 0 Å². The van der Waals surface area contributed by atoms with Gasteiger partial charge in [-0.2, -0.15) is 5.10 Å². The molecule has 0 unspecified atom stereocenters. The molecule has 0 aliphatic rings. The van der Waals surface area contributed by atoms with E-state index in [9.17, 15) is 0 Å². The molecular formula is C13H13Cl2N3. The summed E-state index contributed by atoms with van der Waals surface area (Å²) in [5.41, 5.74) is 2.14. The lowest BCUT2D eigenvalue weighted by atomic mass is 10.1. The highest BCUT2D eigenvalue weighted by molar-refractivity contribution is 6.35. The Balaban J connectivity index is 1.92. The summed E-state index contributed by atoms with van der Waals surface area (Å²) >= 11 is 11.9. The fourth-order valence-corrected chi connectivity index (χ4v) is 2.10. The van der Waals surface area contributed by atoms with Crippen molar-refractivity contribution in [3.63, 3.8) is 0 Å². The van der Waals surface area contributed by atoms with Crippen LogP contribution in [0.2, 0.25) is 10.0 Å². The van der Waals surface area contributed by atoms with Crippen LogP contribution >= 0.6 is 23.2 Å². The van der Waals surface area contributed by atoms with E-state index in [0.29, 0.717) is 10.0 Å². The molecule has 0 amide bonds. The molecule has 0 spiro atoms. The lowest BCUT2D eigenvalue weighted by Gasteiger charge is -2.07. The lowest BCUT2D eigenvalue weighted by molar-refractivity contribution is 0.960. The SMILES string of the molecule is Cc1cnnc(NCCc2ccc(Cl)cc2Cl)c1. The Morgan fingerprint density at radius 1 is 1.22 bits per heavy atom. The van der Waals surface area contributed by atoms with Crippen LogP contribution in [-0.2, 0) is 6.42 Å². The Hall–Kier alpha value is -1.32. The van der Waals surface area contributed by atoms with Crippen molar-refractivity contribution in [1.82, 2.24) is 10.2 Å². The fourth-order valence-electron chi connectivity index (χ4n) is 1.60. The molecule has 0 bridgehead atoms. The zero-order valence-corrected chi connectivity index (χ0v) is 11.5. The molecule has 2 rings (SSSR count). The van der Waals surface area contributed by atoms with Gasteiger partial charge in [-0.3, -0.25) is 0 Å². The molecule has 0 fully saturated rings. The highest BCUT2D eigenvalue weighted by atomic mass is 35.5. The standard InChI is InChI=1S/C13H13Cl2N3/c1-9-6-13(18-17-8-9)16-5-4-10-2-3-11(14)7-12(10)15/h2-3,6-8H,4-5H2,1H3,(H,16,18). The normalized spacial score (nSPS) is 10.4. The van der Waals surface area contributed by atoms with Crippen molar-refractivity contribution in [2.75, 3.05) is 11.9 Å². The van der Waals surface area contributed by atoms with Crippen LogP contribution < -0.4 is 5.32 Å². The summed E-state index contributed by atoms with van der Waals surface area (Å²) in [6.45, 7) is 2.73. The maximum absolute atomic E-state index is 6.10. The zero-order chi connectivity index (χ0) is 13.0. The van der Waals surface area contributed by atoms with Crippen LogP contribution in [0, 0.1) is 6.92 Å². The van der Waals surface area contributed by atoms with Crippen LogP contribution in [-0.4, -0.2) is 16.7 Å². The third-order valence-electron chi connectivity index (χ3n) is 2.51. The minimum Gasteiger partial charge on any atom is -0.368 e. The summed E-state index contributed by atoms with van der Waals surface area (Å²) in [6, 6.07) is 7.49. The van der Waals surface area contributed by atoms with Gasteiger partial charge in [-0.05, 0) is 42.7 Å². The van der Waals surface area contributed by atoms with E-state index < -0.39 is 0 Å². The molecule has 94 valence electrons. The van der Waals surface area contributed by atoms with Gasteiger partial charge in [0.15, 0.2) is 0 Å². The number of aryl methyl sites for hydroxylation is 1. The predicted octanol–water partition coefficient (Wildman–Crippen LogP) is 3.75. The van der Waals surface area contributed by atoms with E-state index in [0.717, 1.165) is 29.9 Å². The van der Waals surface area contributed by atoms with E-state index in [-0.39, 0.29) is 0 Å². The maximum Gasteiger partial charge on any atom is 0.148 e. The second kappa shape index (κ2) is 6.03. The highest BCUT2D eigenvalue weighted by Gasteiger charge is 2.01. The molecule has 2 aromatic rings. The van der Waals surface area contributed by atoms with Crippen LogP contribution in [0.15, 0.2) is 30.5 Å². The summed E-state index contributed by atoms with van der Waals surface area (Å²) in [7, 11) is 0. The van der Waals surface area contributed by atoms with E-state index >= 15 is 0 Å². The van der Waals surface area contributed by atoms with Crippen molar-refractivity contribution in [1.29, 1.82) is 0 Å². The highest BCUT2D eigenvalue weighted by Crippen LogP contribution is 2.21. The second-order valence-corrected chi connectivity index (χ2v) is 4.87. The number of hydrogen-bond acceptors (Lipinski definition) is 3. The van der Waals surface area contributed by atoms with Gasteiger partial charge in [0.2, 0.25) is 0 Å². The van der Waals surface area contributed by atoms with Gasteiger partial charge in [0, 0.05) is 16.6 Å². The third kappa shape index (κ3) is 3.59. The number of benzene rings is 1. The number of rotatable bonds is 4. The molecule has 1 aromatic carbocycles. The molecule has 0 aliphatic heterocycles. The third-order valence-corrected chi connectivity index (χ3v) is 3.09. The zero-order valence-electron chi connectivity index (χ0n) is 9.95. The number of halogens is 2. The molecule has 1 N–H and O–H groups in total. The van der Waals surface area contributed by atoms with E-state index in [2.05, 4.69) is 15.5 Å². The summed E-state index contributed by atoms with van der Waals surface area (Å²) in [5.74, 6) is 0.778. The van der Waals surface area contributed by atoms with Crippen LogP contribution in [0.3, 0.4) is 0 Å². The first kappa shape index (κ1) is 13.1. The average molecular weight is 282 g/mol. The number of hydrogen-bond donors (Lipinski definition) is 1. The Morgan fingerprint density at radius 3 is 2.78 bits per heavy atom. The maximum atomic E-state index is 6.10. The largest absolute Gasteiger partial charge is 0.368 e. The minimum atomic E-state index is 0.654. The Bertz CT molecular complexity index is 544. The van der Waals surface area contributed by atoms with Gasteiger partial charge < -0.3 is 5.32 Å². The number of aromatic nitrogens is 2. The van der Waals surface area contributed by atoms with E-state index in [1.807, 2.05) is 25.1 Å². The van der Waals surface area contributed by atoms with Crippen molar-refractivity contribution >= 4 is 29.0 Å². The van der Waals surface area contributed by atoms with E-state index in [1.54, 1.807) is 12.3 Å². The van der Waals surface area contributed by atoms with Crippen molar-refractivity contribution in [3.8, 4) is 0 Å². The summed E-state index contributed by atoms with van der Waals surface area (Å²) in [6.07, 6.45) is 2.53. The van der Waals surface area contributed by atoms with Crippen molar-refractivity contribution < 1.29 is 0 Å². The van der Waals surface area contributed by atoms with Crippen LogP contribution in [0.4, 0.5) is 5.82 Å². The Labute approximate surface area is 116 Å². The molecular weight excluding hydrogens is 269 g/mol. The molecule has 3 nitrogen and oxygen atoms in total. The smallest absolute Gasteiger partial charge is 0.148 e. The first-order valence-corrected chi connectivity index (χ1v) is 6.38. The quantitative estimate of drug-likeness (QED) is 0.928. The van der Waals surface area contributed by atoms with Crippen LogP contribution in [0.5, 0.6) is 0 Å². The second-order valence-electron chi connectivity index (χ2n) is 4.03. The van der Waals surface area contributed by atoms with Gasteiger partial charge in [0.25, 0.3) is 0 Å². The van der Waals surface area contributed by atoms with Crippen LogP contribution in [0.1, 0.15) is 11.1 Å². The molecule has 1 heterocycles. The molecule has 1 aromatic heterocycles. The Morgan fingerprint density at radius 2 is 2.06 bits per heavy atom. The summed E-state index contributed by atoms with van der Waals surface area (Å²) in [5, 5.41) is 12.4. The minimum absolute atomic E-state index is 0.654. The predicted molar refractivity (Wildman–Crippen MR) is 75.4 cm³/mol. The number of nitrogens with zero attached hydrogens (tertiary/aromatic N) is 2. The van der Waals surface area contributed by atoms with Crippen molar-refractivity contribution in [3.05, 3.63) is 51.6 Å². The Kier molecular flexibility index (Phi) is 4.39. The van der Waals surface area contributed by atoms with Gasteiger partial charge in [0.1, 0.15) is 5.82 Å². The molecule has 0 saturated heterocycles.